The first-order valence-corrected chi connectivity index (χ1v) is 6.12. The Balaban J connectivity index is 2.03. The Morgan fingerprint density at radius 2 is 1.65 bits per heavy atom. The zero-order valence-electron chi connectivity index (χ0n) is 10.6. The van der Waals surface area contributed by atoms with E-state index in [9.17, 15) is 13.6 Å². The van der Waals surface area contributed by atoms with E-state index in [0.717, 1.165) is 17.7 Å². The molecule has 0 aliphatic carbocycles. The topological polar surface area (TPSA) is 55.1 Å². The van der Waals surface area contributed by atoms with Crippen LogP contribution in [0, 0.1) is 11.6 Å². The van der Waals surface area contributed by atoms with Crippen LogP contribution in [0.1, 0.15) is 22.0 Å². The Morgan fingerprint density at radius 3 is 2.25 bits per heavy atom. The Hall–Kier alpha value is -2.27. The summed E-state index contributed by atoms with van der Waals surface area (Å²) in [7, 11) is 0. The summed E-state index contributed by atoms with van der Waals surface area (Å²) < 4.78 is 26.8. The maximum Gasteiger partial charge on any atom is 0.257 e. The number of hydrogen-bond acceptors (Lipinski definition) is 2. The van der Waals surface area contributed by atoms with Crippen molar-refractivity contribution in [2.45, 2.75) is 6.04 Å². The van der Waals surface area contributed by atoms with Gasteiger partial charge in [-0.15, -0.1) is 0 Å². The number of benzene rings is 2. The van der Waals surface area contributed by atoms with Crippen LogP contribution >= 0.6 is 0 Å². The first-order valence-electron chi connectivity index (χ1n) is 6.12. The van der Waals surface area contributed by atoms with Crippen LogP contribution in [0.15, 0.2) is 48.5 Å². The molecular weight excluding hydrogens is 262 g/mol. The van der Waals surface area contributed by atoms with E-state index in [-0.39, 0.29) is 6.54 Å². The fourth-order valence-corrected chi connectivity index (χ4v) is 1.82. The van der Waals surface area contributed by atoms with Crippen LogP contribution in [0.25, 0.3) is 0 Å². The summed E-state index contributed by atoms with van der Waals surface area (Å²) in [6, 6.07) is 12.0. The monoisotopic (exact) mass is 276 g/mol. The minimum atomic E-state index is -0.893. The Morgan fingerprint density at radius 1 is 1.05 bits per heavy atom. The molecule has 2 aromatic rings. The number of nitrogens with two attached hydrogens (primary N) is 1. The maximum absolute atomic E-state index is 13.4. The van der Waals surface area contributed by atoms with Gasteiger partial charge < -0.3 is 11.1 Å². The number of nitrogens with one attached hydrogen (secondary N) is 1. The number of halogens is 2. The molecule has 1 unspecified atom stereocenters. The molecular formula is C15H14F2N2O. The lowest BCUT2D eigenvalue weighted by Gasteiger charge is -2.13. The molecule has 0 heterocycles. The molecule has 0 aliphatic heterocycles. The molecule has 0 fully saturated rings. The third-order valence-corrected chi connectivity index (χ3v) is 2.90. The maximum atomic E-state index is 13.4. The molecule has 2 aromatic carbocycles. The zero-order chi connectivity index (χ0) is 14.5. The normalized spacial score (nSPS) is 11.9. The standard InChI is InChI=1S/C15H14F2N2O/c16-11-7-4-8-12(17)14(11)15(20)19-9-13(18)10-5-2-1-3-6-10/h1-8,13H,9,18H2,(H,19,20). The molecule has 20 heavy (non-hydrogen) atoms. The zero-order valence-corrected chi connectivity index (χ0v) is 10.6. The SMILES string of the molecule is NC(CNC(=O)c1c(F)cccc1F)c1ccccc1. The van der Waals surface area contributed by atoms with E-state index in [1.807, 2.05) is 30.3 Å². The summed E-state index contributed by atoms with van der Waals surface area (Å²) in [5.41, 5.74) is 6.14. The van der Waals surface area contributed by atoms with Gasteiger partial charge in [-0.05, 0) is 17.7 Å². The molecule has 3 N–H and O–H groups in total. The van der Waals surface area contributed by atoms with Crippen LogP contribution in [0.3, 0.4) is 0 Å². The number of amides is 1. The predicted molar refractivity (Wildman–Crippen MR) is 72.1 cm³/mol. The van der Waals surface area contributed by atoms with Gasteiger partial charge in [0.1, 0.15) is 17.2 Å². The molecule has 0 radical (unpaired) electrons. The van der Waals surface area contributed by atoms with Gasteiger partial charge in [0.05, 0.1) is 0 Å². The predicted octanol–water partition coefficient (Wildman–Crippen LogP) is 2.39. The highest BCUT2D eigenvalue weighted by atomic mass is 19.1. The second-order valence-electron chi connectivity index (χ2n) is 4.32. The van der Waals surface area contributed by atoms with Gasteiger partial charge in [0, 0.05) is 12.6 Å². The van der Waals surface area contributed by atoms with Crippen LogP contribution in [0.5, 0.6) is 0 Å². The number of hydrogen-bond donors (Lipinski definition) is 2. The van der Waals surface area contributed by atoms with E-state index in [0.29, 0.717) is 0 Å². The highest BCUT2D eigenvalue weighted by Gasteiger charge is 2.17. The van der Waals surface area contributed by atoms with Gasteiger partial charge in [-0.1, -0.05) is 36.4 Å². The lowest BCUT2D eigenvalue weighted by atomic mass is 10.1. The van der Waals surface area contributed by atoms with E-state index in [1.165, 1.54) is 6.07 Å². The molecule has 0 bridgehead atoms. The number of carbonyl (C=O) groups excluding carboxylic acids is 1. The Kier molecular flexibility index (Phi) is 4.42. The highest BCUT2D eigenvalue weighted by Crippen LogP contribution is 2.13. The fraction of sp³-hybridized carbons (Fsp3) is 0.133. The van der Waals surface area contributed by atoms with Crippen molar-refractivity contribution in [1.29, 1.82) is 0 Å². The van der Waals surface area contributed by atoms with Crippen molar-refractivity contribution in [2.24, 2.45) is 5.73 Å². The van der Waals surface area contributed by atoms with E-state index in [2.05, 4.69) is 5.32 Å². The minimum Gasteiger partial charge on any atom is -0.350 e. The van der Waals surface area contributed by atoms with E-state index < -0.39 is 29.1 Å². The molecule has 3 nitrogen and oxygen atoms in total. The molecule has 0 saturated heterocycles. The van der Waals surface area contributed by atoms with E-state index in [1.54, 1.807) is 0 Å². The molecule has 1 atom stereocenters. The Labute approximate surface area is 115 Å². The molecule has 0 saturated carbocycles. The second kappa shape index (κ2) is 6.25. The quantitative estimate of drug-likeness (QED) is 0.901. The molecule has 1 amide bonds. The largest absolute Gasteiger partial charge is 0.350 e. The van der Waals surface area contributed by atoms with Gasteiger partial charge in [-0.2, -0.15) is 0 Å². The van der Waals surface area contributed by atoms with Crippen molar-refractivity contribution in [3.8, 4) is 0 Å². The van der Waals surface area contributed by atoms with E-state index >= 15 is 0 Å². The lowest BCUT2D eigenvalue weighted by Crippen LogP contribution is -2.32. The van der Waals surface area contributed by atoms with Crippen LogP contribution in [-0.4, -0.2) is 12.5 Å². The van der Waals surface area contributed by atoms with Crippen molar-refractivity contribution in [1.82, 2.24) is 5.32 Å². The Bertz CT molecular complexity index is 582. The smallest absolute Gasteiger partial charge is 0.257 e. The van der Waals surface area contributed by atoms with Crippen LogP contribution < -0.4 is 11.1 Å². The van der Waals surface area contributed by atoms with Crippen molar-refractivity contribution < 1.29 is 13.6 Å². The van der Waals surface area contributed by atoms with Gasteiger partial charge in [-0.3, -0.25) is 4.79 Å². The number of rotatable bonds is 4. The van der Waals surface area contributed by atoms with Gasteiger partial charge in [0.15, 0.2) is 0 Å². The van der Waals surface area contributed by atoms with Gasteiger partial charge in [-0.25, -0.2) is 8.78 Å². The fourth-order valence-electron chi connectivity index (χ4n) is 1.82. The van der Waals surface area contributed by atoms with E-state index in [4.69, 9.17) is 5.73 Å². The van der Waals surface area contributed by atoms with Gasteiger partial charge in [0.2, 0.25) is 0 Å². The van der Waals surface area contributed by atoms with Gasteiger partial charge in [0.25, 0.3) is 5.91 Å². The summed E-state index contributed by atoms with van der Waals surface area (Å²) in [5, 5.41) is 2.43. The average Bonchev–Trinajstić information content (AvgIpc) is 2.45. The molecule has 0 spiro atoms. The van der Waals surface area contributed by atoms with Crippen LogP contribution in [0.4, 0.5) is 8.78 Å². The van der Waals surface area contributed by atoms with Crippen molar-refractivity contribution in [2.75, 3.05) is 6.54 Å². The van der Waals surface area contributed by atoms with Crippen molar-refractivity contribution in [3.63, 3.8) is 0 Å². The second-order valence-corrected chi connectivity index (χ2v) is 4.32. The molecule has 5 heteroatoms. The van der Waals surface area contributed by atoms with Crippen LogP contribution in [-0.2, 0) is 0 Å². The third kappa shape index (κ3) is 3.19. The first kappa shape index (κ1) is 14.1. The summed E-state index contributed by atoms with van der Waals surface area (Å²) in [6.07, 6.45) is 0. The summed E-state index contributed by atoms with van der Waals surface area (Å²) in [4.78, 5) is 11.8. The third-order valence-electron chi connectivity index (χ3n) is 2.90. The summed E-state index contributed by atoms with van der Waals surface area (Å²) in [5.74, 6) is -2.60. The summed E-state index contributed by atoms with van der Waals surface area (Å²) >= 11 is 0. The first-order chi connectivity index (χ1) is 9.59. The van der Waals surface area contributed by atoms with Gasteiger partial charge >= 0.3 is 0 Å². The molecule has 2 rings (SSSR count). The highest BCUT2D eigenvalue weighted by molar-refractivity contribution is 5.94. The molecule has 0 aromatic heterocycles. The lowest BCUT2D eigenvalue weighted by molar-refractivity contribution is 0.0942. The molecule has 104 valence electrons. The van der Waals surface area contributed by atoms with Crippen LogP contribution in [0.2, 0.25) is 0 Å². The number of carbonyl (C=O) groups is 1. The van der Waals surface area contributed by atoms with Crippen molar-refractivity contribution in [3.05, 3.63) is 71.3 Å². The molecule has 0 aliphatic rings. The average molecular weight is 276 g/mol. The van der Waals surface area contributed by atoms with Crippen molar-refractivity contribution >= 4 is 5.91 Å². The minimum absolute atomic E-state index is 0.0939. The summed E-state index contributed by atoms with van der Waals surface area (Å²) in [6.45, 7) is 0.0939.